The second-order valence-electron chi connectivity index (χ2n) is 5.00. The van der Waals surface area contributed by atoms with Crippen molar-refractivity contribution in [1.82, 2.24) is 15.2 Å². The summed E-state index contributed by atoms with van der Waals surface area (Å²) < 4.78 is 10.3. The summed E-state index contributed by atoms with van der Waals surface area (Å²) in [6.07, 6.45) is 1.56. The molecule has 1 saturated heterocycles. The second-order valence-corrected chi connectivity index (χ2v) is 5.00. The lowest BCUT2D eigenvalue weighted by molar-refractivity contribution is 0.0350. The number of methoxy groups -OCH3 is 1. The highest BCUT2D eigenvalue weighted by molar-refractivity contribution is 5.89. The van der Waals surface area contributed by atoms with Crippen molar-refractivity contribution in [3.63, 3.8) is 0 Å². The van der Waals surface area contributed by atoms with Gasteiger partial charge in [-0.3, -0.25) is 4.90 Å². The lowest BCUT2D eigenvalue weighted by Gasteiger charge is -2.29. The number of anilines is 1. The van der Waals surface area contributed by atoms with Gasteiger partial charge < -0.3 is 20.1 Å². The first-order chi connectivity index (χ1) is 10.2. The van der Waals surface area contributed by atoms with Crippen LogP contribution in [0.4, 0.5) is 10.5 Å². The first-order valence-electron chi connectivity index (χ1n) is 7.05. The van der Waals surface area contributed by atoms with Gasteiger partial charge in [0.2, 0.25) is 5.88 Å². The number of rotatable bonds is 5. The van der Waals surface area contributed by atoms with Crippen LogP contribution in [0.2, 0.25) is 0 Å². The minimum atomic E-state index is -0.234. The number of hydrogen-bond donors (Lipinski definition) is 2. The topological polar surface area (TPSA) is 75.7 Å². The largest absolute Gasteiger partial charge is 0.481 e. The van der Waals surface area contributed by atoms with Gasteiger partial charge in [-0.25, -0.2) is 9.78 Å². The lowest BCUT2D eigenvalue weighted by atomic mass is 10.3. The van der Waals surface area contributed by atoms with Gasteiger partial charge in [-0.15, -0.1) is 0 Å². The summed E-state index contributed by atoms with van der Waals surface area (Å²) in [6.45, 7) is 6.15. The van der Waals surface area contributed by atoms with E-state index in [1.165, 1.54) is 0 Å². The van der Waals surface area contributed by atoms with Crippen molar-refractivity contribution in [1.29, 1.82) is 0 Å². The third-order valence-corrected chi connectivity index (χ3v) is 3.22. The Morgan fingerprint density at radius 2 is 2.24 bits per heavy atom. The summed E-state index contributed by atoms with van der Waals surface area (Å²) in [6, 6.07) is 3.28. The second kappa shape index (κ2) is 7.80. The van der Waals surface area contributed by atoms with Crippen molar-refractivity contribution in [3.05, 3.63) is 18.3 Å². The monoisotopic (exact) mass is 294 g/mol. The van der Waals surface area contributed by atoms with E-state index in [-0.39, 0.29) is 12.1 Å². The van der Waals surface area contributed by atoms with Gasteiger partial charge in [0, 0.05) is 31.7 Å². The highest BCUT2D eigenvalue weighted by atomic mass is 16.5. The molecular formula is C14H22N4O3. The summed E-state index contributed by atoms with van der Waals surface area (Å²) in [4.78, 5) is 18.2. The van der Waals surface area contributed by atoms with Crippen LogP contribution in [0.1, 0.15) is 6.92 Å². The number of pyridine rings is 1. The molecule has 0 saturated carbocycles. The summed E-state index contributed by atoms with van der Waals surface area (Å²) in [5.74, 6) is 0.515. The van der Waals surface area contributed by atoms with Crippen LogP contribution in [0.3, 0.4) is 0 Å². The number of urea groups is 1. The molecule has 0 spiro atoms. The van der Waals surface area contributed by atoms with Crippen molar-refractivity contribution < 1.29 is 14.3 Å². The number of ether oxygens (including phenoxy) is 2. The van der Waals surface area contributed by atoms with E-state index < -0.39 is 0 Å². The Kier molecular flexibility index (Phi) is 5.77. The number of morpholine rings is 1. The third-order valence-electron chi connectivity index (χ3n) is 3.22. The first-order valence-corrected chi connectivity index (χ1v) is 7.05. The summed E-state index contributed by atoms with van der Waals surface area (Å²) >= 11 is 0. The first kappa shape index (κ1) is 15.5. The smallest absolute Gasteiger partial charge is 0.319 e. The number of carbonyl (C=O) groups excluding carboxylic acids is 1. The van der Waals surface area contributed by atoms with Crippen LogP contribution in [-0.2, 0) is 4.74 Å². The molecule has 1 unspecified atom stereocenters. The van der Waals surface area contributed by atoms with Crippen LogP contribution in [0.15, 0.2) is 18.3 Å². The van der Waals surface area contributed by atoms with E-state index >= 15 is 0 Å². The van der Waals surface area contributed by atoms with Crippen LogP contribution >= 0.6 is 0 Å². The Morgan fingerprint density at radius 1 is 1.48 bits per heavy atom. The van der Waals surface area contributed by atoms with E-state index in [2.05, 4.69) is 20.5 Å². The van der Waals surface area contributed by atoms with E-state index in [9.17, 15) is 4.79 Å². The fourth-order valence-corrected chi connectivity index (χ4v) is 2.18. The predicted molar refractivity (Wildman–Crippen MR) is 79.7 cm³/mol. The molecule has 1 fully saturated rings. The molecule has 1 aromatic heterocycles. The zero-order valence-corrected chi connectivity index (χ0v) is 12.5. The standard InChI is InChI=1S/C14H22N4O3/c1-11(10-18-5-7-21-8-6-18)16-14(19)17-12-3-4-13(20-2)15-9-12/h3-4,9,11H,5-8,10H2,1-2H3,(H2,16,17,19). The summed E-state index contributed by atoms with van der Waals surface area (Å²) in [7, 11) is 1.55. The van der Waals surface area contributed by atoms with Gasteiger partial charge in [0.15, 0.2) is 0 Å². The van der Waals surface area contributed by atoms with Gasteiger partial charge >= 0.3 is 6.03 Å². The van der Waals surface area contributed by atoms with Crippen LogP contribution in [0.5, 0.6) is 5.88 Å². The molecule has 116 valence electrons. The van der Waals surface area contributed by atoms with E-state index in [1.807, 2.05) is 6.92 Å². The fraction of sp³-hybridized carbons (Fsp3) is 0.571. The average Bonchev–Trinajstić information content (AvgIpc) is 2.48. The minimum absolute atomic E-state index is 0.0642. The van der Waals surface area contributed by atoms with Gasteiger partial charge in [-0.1, -0.05) is 0 Å². The summed E-state index contributed by atoms with van der Waals surface area (Å²) in [5.41, 5.74) is 0.631. The zero-order chi connectivity index (χ0) is 15.1. The molecule has 1 aliphatic rings. The number of nitrogens with one attached hydrogen (secondary N) is 2. The number of amides is 2. The predicted octanol–water partition coefficient (Wildman–Crippen LogP) is 0.932. The van der Waals surface area contributed by atoms with Crippen molar-refractivity contribution >= 4 is 11.7 Å². The Bertz CT molecular complexity index is 446. The van der Waals surface area contributed by atoms with Gasteiger partial charge in [0.05, 0.1) is 32.2 Å². The molecule has 2 heterocycles. The molecule has 7 heteroatoms. The van der Waals surface area contributed by atoms with Gasteiger partial charge in [0.25, 0.3) is 0 Å². The molecule has 0 aliphatic carbocycles. The van der Waals surface area contributed by atoms with Gasteiger partial charge in [0.1, 0.15) is 0 Å². The Labute approximate surface area is 124 Å². The molecule has 7 nitrogen and oxygen atoms in total. The van der Waals surface area contributed by atoms with Crippen LogP contribution in [-0.4, -0.2) is 61.9 Å². The zero-order valence-electron chi connectivity index (χ0n) is 12.5. The molecule has 0 bridgehead atoms. The fourth-order valence-electron chi connectivity index (χ4n) is 2.18. The lowest BCUT2D eigenvalue weighted by Crippen LogP contribution is -2.47. The number of carbonyl (C=O) groups is 1. The van der Waals surface area contributed by atoms with E-state index in [1.54, 1.807) is 25.4 Å². The Balaban J connectivity index is 1.74. The summed E-state index contributed by atoms with van der Waals surface area (Å²) in [5, 5.41) is 5.66. The molecule has 2 N–H and O–H groups in total. The molecule has 21 heavy (non-hydrogen) atoms. The molecule has 0 aromatic carbocycles. The molecular weight excluding hydrogens is 272 g/mol. The molecule has 2 amide bonds. The SMILES string of the molecule is COc1ccc(NC(=O)NC(C)CN2CCOCC2)cn1. The maximum absolute atomic E-state index is 11.9. The Hall–Kier alpha value is -1.86. The quantitative estimate of drug-likeness (QED) is 0.845. The van der Waals surface area contributed by atoms with Crippen molar-refractivity contribution in [2.24, 2.45) is 0 Å². The maximum Gasteiger partial charge on any atom is 0.319 e. The van der Waals surface area contributed by atoms with Crippen molar-refractivity contribution in [2.75, 3.05) is 45.3 Å². The van der Waals surface area contributed by atoms with E-state index in [4.69, 9.17) is 9.47 Å². The van der Waals surface area contributed by atoms with Crippen LogP contribution in [0, 0.1) is 0 Å². The third kappa shape index (κ3) is 5.20. The number of hydrogen-bond acceptors (Lipinski definition) is 5. The molecule has 0 radical (unpaired) electrons. The Morgan fingerprint density at radius 3 is 2.86 bits per heavy atom. The average molecular weight is 294 g/mol. The van der Waals surface area contributed by atoms with Gasteiger partial charge in [-0.2, -0.15) is 0 Å². The number of aromatic nitrogens is 1. The van der Waals surface area contributed by atoms with Crippen molar-refractivity contribution in [3.8, 4) is 5.88 Å². The molecule has 1 atom stereocenters. The van der Waals surface area contributed by atoms with Crippen LogP contribution in [0.25, 0.3) is 0 Å². The minimum Gasteiger partial charge on any atom is -0.481 e. The van der Waals surface area contributed by atoms with E-state index in [0.29, 0.717) is 11.6 Å². The van der Waals surface area contributed by atoms with Gasteiger partial charge in [-0.05, 0) is 13.0 Å². The molecule has 1 aromatic rings. The highest BCUT2D eigenvalue weighted by Crippen LogP contribution is 2.10. The molecule has 2 rings (SSSR count). The van der Waals surface area contributed by atoms with E-state index in [0.717, 1.165) is 32.8 Å². The molecule has 1 aliphatic heterocycles. The van der Waals surface area contributed by atoms with Crippen LogP contribution < -0.4 is 15.4 Å². The van der Waals surface area contributed by atoms with Crippen molar-refractivity contribution in [2.45, 2.75) is 13.0 Å². The number of nitrogens with zero attached hydrogens (tertiary/aromatic N) is 2. The normalized spacial score (nSPS) is 17.0. The maximum atomic E-state index is 11.9. The highest BCUT2D eigenvalue weighted by Gasteiger charge is 2.15.